The van der Waals surface area contributed by atoms with E-state index in [1.54, 1.807) is 24.5 Å². The van der Waals surface area contributed by atoms with E-state index in [1.807, 2.05) is 42.5 Å². The third-order valence-corrected chi connectivity index (χ3v) is 7.94. The zero-order valence-corrected chi connectivity index (χ0v) is 24.0. The van der Waals surface area contributed by atoms with Crippen molar-refractivity contribution in [2.75, 3.05) is 18.8 Å². The smallest absolute Gasteiger partial charge is 0.213 e. The van der Waals surface area contributed by atoms with E-state index in [-0.39, 0.29) is 6.10 Å². The number of nitrogens with zero attached hydrogens (tertiary/aromatic N) is 7. The normalized spacial score (nSPS) is 14.0. The summed E-state index contributed by atoms with van der Waals surface area (Å²) in [6.07, 6.45) is 5.20. The molecule has 4 aromatic heterocycles. The second-order valence-electron chi connectivity index (χ2n) is 10.9. The van der Waals surface area contributed by atoms with E-state index < -0.39 is 0 Å². The lowest BCUT2D eigenvalue weighted by Gasteiger charge is -2.31. The van der Waals surface area contributed by atoms with Gasteiger partial charge in [-0.3, -0.25) is 9.47 Å². The van der Waals surface area contributed by atoms with E-state index >= 15 is 0 Å². The number of imidazole rings is 1. The number of hydrogen-bond donors (Lipinski definition) is 1. The Morgan fingerprint density at radius 2 is 1.68 bits per heavy atom. The van der Waals surface area contributed by atoms with E-state index in [0.717, 1.165) is 66.1 Å². The van der Waals surface area contributed by atoms with Crippen molar-refractivity contribution in [1.29, 1.82) is 5.26 Å². The van der Waals surface area contributed by atoms with Crippen LogP contribution in [0.4, 0.5) is 5.82 Å². The maximum Gasteiger partial charge on any atom is 0.213 e. The van der Waals surface area contributed by atoms with Crippen molar-refractivity contribution >= 4 is 17.0 Å². The summed E-state index contributed by atoms with van der Waals surface area (Å²) in [5.41, 5.74) is 13.3. The number of fused-ring (bicyclic) bond motifs is 1. The highest BCUT2D eigenvalue weighted by Gasteiger charge is 2.22. The van der Waals surface area contributed by atoms with Crippen LogP contribution < -0.4 is 10.5 Å². The molecular weight excluding hydrogens is 548 g/mol. The van der Waals surface area contributed by atoms with Crippen LogP contribution in [0.2, 0.25) is 0 Å². The fraction of sp³-hybridized carbons (Fsp3) is 0.171. The number of hydrogen-bond acceptors (Lipinski definition) is 8. The van der Waals surface area contributed by atoms with Gasteiger partial charge in [0, 0.05) is 49.3 Å². The average molecular weight is 579 g/mol. The molecule has 0 atom stereocenters. The fourth-order valence-corrected chi connectivity index (χ4v) is 5.64. The van der Waals surface area contributed by atoms with Crippen molar-refractivity contribution in [1.82, 2.24) is 29.4 Å². The van der Waals surface area contributed by atoms with E-state index in [1.165, 1.54) is 5.56 Å². The van der Waals surface area contributed by atoms with Gasteiger partial charge < -0.3 is 10.5 Å². The first-order chi connectivity index (χ1) is 21.6. The SMILES string of the molecule is N#Cc1ccc(OC2CCN(Cc3ccc(-n4c(-c5cccnc5N)nc5ccc(-c6ccccc6)nc54)cc3)CC2)nc1. The quantitative estimate of drug-likeness (QED) is 0.244. The molecule has 1 saturated heterocycles. The van der Waals surface area contributed by atoms with Crippen LogP contribution in [-0.4, -0.2) is 48.6 Å². The number of nitrogens with two attached hydrogens (primary N) is 1. The minimum absolute atomic E-state index is 0.121. The lowest BCUT2D eigenvalue weighted by Crippen LogP contribution is -2.37. The van der Waals surface area contributed by atoms with Crippen LogP contribution in [0.1, 0.15) is 24.0 Å². The van der Waals surface area contributed by atoms with Gasteiger partial charge in [-0.2, -0.15) is 5.26 Å². The van der Waals surface area contributed by atoms with Crippen LogP contribution in [-0.2, 0) is 6.54 Å². The summed E-state index contributed by atoms with van der Waals surface area (Å²) in [6, 6.07) is 32.1. The molecule has 7 rings (SSSR count). The van der Waals surface area contributed by atoms with Gasteiger partial charge in [-0.05, 0) is 60.9 Å². The van der Waals surface area contributed by atoms with Gasteiger partial charge in [0.25, 0.3) is 0 Å². The second-order valence-corrected chi connectivity index (χ2v) is 10.9. The molecule has 0 radical (unpaired) electrons. The molecule has 0 aliphatic carbocycles. The summed E-state index contributed by atoms with van der Waals surface area (Å²) < 4.78 is 8.13. The first-order valence-electron chi connectivity index (χ1n) is 14.6. The Morgan fingerprint density at radius 1 is 0.864 bits per heavy atom. The van der Waals surface area contributed by atoms with Gasteiger partial charge in [0.15, 0.2) is 11.5 Å². The summed E-state index contributed by atoms with van der Waals surface area (Å²) in [6.45, 7) is 2.72. The summed E-state index contributed by atoms with van der Waals surface area (Å²) in [7, 11) is 0. The number of rotatable bonds is 7. The molecule has 5 heterocycles. The molecule has 9 heteroatoms. The minimum Gasteiger partial charge on any atom is -0.474 e. The number of aromatic nitrogens is 5. The number of pyridine rings is 3. The Morgan fingerprint density at radius 3 is 2.41 bits per heavy atom. The molecule has 44 heavy (non-hydrogen) atoms. The second kappa shape index (κ2) is 12.0. The van der Waals surface area contributed by atoms with Gasteiger partial charge in [0.05, 0.1) is 16.8 Å². The minimum atomic E-state index is 0.121. The van der Waals surface area contributed by atoms with Crippen molar-refractivity contribution in [3.05, 3.63) is 115 Å². The summed E-state index contributed by atoms with van der Waals surface area (Å²) in [5, 5.41) is 8.97. The maximum atomic E-state index is 8.97. The summed E-state index contributed by atoms with van der Waals surface area (Å²) in [4.78, 5) is 21.0. The highest BCUT2D eigenvalue weighted by molar-refractivity contribution is 5.84. The topological polar surface area (TPSA) is 119 Å². The van der Waals surface area contributed by atoms with Crippen molar-refractivity contribution in [2.24, 2.45) is 0 Å². The molecule has 1 fully saturated rings. The van der Waals surface area contributed by atoms with Crippen LogP contribution in [0.25, 0.3) is 39.5 Å². The third kappa shape index (κ3) is 5.59. The van der Waals surface area contributed by atoms with Crippen LogP contribution in [0.3, 0.4) is 0 Å². The van der Waals surface area contributed by atoms with E-state index in [9.17, 15) is 0 Å². The molecule has 0 unspecified atom stereocenters. The van der Waals surface area contributed by atoms with Gasteiger partial charge in [-0.25, -0.2) is 19.9 Å². The average Bonchev–Trinajstić information content (AvgIpc) is 3.45. The Bertz CT molecular complexity index is 1940. The lowest BCUT2D eigenvalue weighted by molar-refractivity contribution is 0.0932. The van der Waals surface area contributed by atoms with Gasteiger partial charge in [0.2, 0.25) is 5.88 Å². The monoisotopic (exact) mass is 578 g/mol. The van der Waals surface area contributed by atoms with Gasteiger partial charge in [-0.15, -0.1) is 0 Å². The van der Waals surface area contributed by atoms with Gasteiger partial charge in [0.1, 0.15) is 23.5 Å². The summed E-state index contributed by atoms with van der Waals surface area (Å²) >= 11 is 0. The zero-order chi connectivity index (χ0) is 29.9. The Kier molecular flexibility index (Phi) is 7.41. The molecule has 2 N–H and O–H groups in total. The predicted octanol–water partition coefficient (Wildman–Crippen LogP) is 6.04. The zero-order valence-electron chi connectivity index (χ0n) is 24.0. The number of nitrogen functional groups attached to an aromatic ring is 1. The van der Waals surface area contributed by atoms with Crippen molar-refractivity contribution in [2.45, 2.75) is 25.5 Å². The fourth-order valence-electron chi connectivity index (χ4n) is 5.64. The molecule has 216 valence electrons. The van der Waals surface area contributed by atoms with Crippen molar-refractivity contribution in [3.8, 4) is 40.3 Å². The molecular formula is C35H30N8O. The van der Waals surface area contributed by atoms with Crippen molar-refractivity contribution in [3.63, 3.8) is 0 Å². The molecule has 1 aliphatic rings. The number of benzene rings is 2. The number of ether oxygens (including phenoxy) is 1. The lowest BCUT2D eigenvalue weighted by atomic mass is 10.1. The molecule has 0 saturated carbocycles. The van der Waals surface area contributed by atoms with Gasteiger partial charge in [-0.1, -0.05) is 42.5 Å². The number of piperidine rings is 1. The largest absolute Gasteiger partial charge is 0.474 e. The molecule has 0 amide bonds. The van der Waals surface area contributed by atoms with Crippen LogP contribution in [0.5, 0.6) is 5.88 Å². The van der Waals surface area contributed by atoms with Crippen molar-refractivity contribution < 1.29 is 4.74 Å². The molecule has 9 nitrogen and oxygen atoms in total. The first kappa shape index (κ1) is 27.3. The summed E-state index contributed by atoms with van der Waals surface area (Å²) in [5.74, 6) is 1.70. The molecule has 6 aromatic rings. The van der Waals surface area contributed by atoms with E-state index in [4.69, 9.17) is 25.7 Å². The standard InChI is InChI=1S/C35H30N8O/c36-21-25-10-15-32(39-22-25)44-28-16-19-42(20-17-28)23-24-8-11-27(12-9-24)43-34(29-7-4-18-38-33(29)37)41-31-14-13-30(40-35(31)43)26-5-2-1-3-6-26/h1-15,18,22,28H,16-17,19-20,23H2,(H2,37,38). The third-order valence-electron chi connectivity index (χ3n) is 7.94. The molecule has 1 aliphatic heterocycles. The van der Waals surface area contributed by atoms with E-state index in [2.05, 4.69) is 61.9 Å². The molecule has 0 spiro atoms. The van der Waals surface area contributed by atoms with Crippen LogP contribution in [0.15, 0.2) is 103 Å². The number of nitriles is 1. The number of anilines is 1. The maximum absolute atomic E-state index is 8.97. The predicted molar refractivity (Wildman–Crippen MR) is 170 cm³/mol. The van der Waals surface area contributed by atoms with Gasteiger partial charge >= 0.3 is 0 Å². The molecule has 2 aromatic carbocycles. The Balaban J connectivity index is 1.12. The number of likely N-dealkylation sites (tertiary alicyclic amines) is 1. The Labute approximate surface area is 255 Å². The highest BCUT2D eigenvalue weighted by atomic mass is 16.5. The van der Waals surface area contributed by atoms with E-state index in [0.29, 0.717) is 23.1 Å². The first-order valence-corrected chi connectivity index (χ1v) is 14.6. The van der Waals surface area contributed by atoms with Crippen LogP contribution >= 0.6 is 0 Å². The molecule has 0 bridgehead atoms. The Hall–Kier alpha value is -5.59. The highest BCUT2D eigenvalue weighted by Crippen LogP contribution is 2.32. The van der Waals surface area contributed by atoms with Crippen LogP contribution in [0, 0.1) is 11.3 Å².